The number of aliphatic imine (C=N–C) groups is 1. The summed E-state index contributed by atoms with van der Waals surface area (Å²) in [6.45, 7) is 7.37. The molecule has 1 saturated heterocycles. The van der Waals surface area contributed by atoms with Gasteiger partial charge in [-0.3, -0.25) is 4.99 Å². The number of hydrogen-bond acceptors (Lipinski definition) is 2. The van der Waals surface area contributed by atoms with E-state index in [2.05, 4.69) is 59.8 Å². The Morgan fingerprint density at radius 3 is 2.56 bits per heavy atom. The van der Waals surface area contributed by atoms with Crippen molar-refractivity contribution in [3.8, 4) is 0 Å². The highest BCUT2D eigenvalue weighted by molar-refractivity contribution is 14.0. The average Bonchev–Trinajstić information content (AvgIpc) is 2.98. The zero-order chi connectivity index (χ0) is 16.8. The Bertz CT molecular complexity index is 542. The van der Waals surface area contributed by atoms with Crippen LogP contribution in [0.3, 0.4) is 0 Å². The third-order valence-electron chi connectivity index (χ3n) is 5.63. The van der Waals surface area contributed by atoms with E-state index >= 15 is 0 Å². The average molecular weight is 456 g/mol. The molecule has 1 aromatic rings. The molecule has 1 atom stereocenters. The molecule has 1 heterocycles. The van der Waals surface area contributed by atoms with Gasteiger partial charge in [0.25, 0.3) is 0 Å². The Balaban J connectivity index is 0.00000225. The molecule has 0 radical (unpaired) electrons. The molecular weight excluding hydrogens is 423 g/mol. The Hall–Kier alpha value is -0.820. The Morgan fingerprint density at radius 1 is 1.24 bits per heavy atom. The summed E-state index contributed by atoms with van der Waals surface area (Å²) in [7, 11) is 2.21. The lowest BCUT2D eigenvalue weighted by atomic mass is 9.64. The van der Waals surface area contributed by atoms with Crippen molar-refractivity contribution >= 4 is 29.9 Å². The van der Waals surface area contributed by atoms with Gasteiger partial charge in [0.05, 0.1) is 6.54 Å². The Kier molecular flexibility index (Phi) is 8.00. The molecule has 0 aromatic heterocycles. The van der Waals surface area contributed by atoms with Crippen LogP contribution in [-0.4, -0.2) is 50.6 Å². The summed E-state index contributed by atoms with van der Waals surface area (Å²) in [5.74, 6) is 1.72. The minimum absolute atomic E-state index is 0. The number of hydrogen-bond donors (Lipinski definition) is 2. The zero-order valence-corrected chi connectivity index (χ0v) is 18.0. The van der Waals surface area contributed by atoms with Crippen LogP contribution in [-0.2, 0) is 5.41 Å². The molecule has 1 aliphatic heterocycles. The first-order valence-corrected chi connectivity index (χ1v) is 9.48. The number of halogens is 1. The van der Waals surface area contributed by atoms with Crippen molar-refractivity contribution in [3.05, 3.63) is 35.9 Å². The van der Waals surface area contributed by atoms with E-state index < -0.39 is 0 Å². The summed E-state index contributed by atoms with van der Waals surface area (Å²) in [6.07, 6.45) is 5.13. The van der Waals surface area contributed by atoms with Crippen molar-refractivity contribution in [1.82, 2.24) is 15.5 Å². The van der Waals surface area contributed by atoms with Gasteiger partial charge in [-0.2, -0.15) is 0 Å². The highest BCUT2D eigenvalue weighted by Gasteiger charge is 2.38. The maximum absolute atomic E-state index is 4.94. The van der Waals surface area contributed by atoms with Crippen LogP contribution in [0.2, 0.25) is 0 Å². The molecule has 0 spiro atoms. The fourth-order valence-corrected chi connectivity index (χ4v) is 3.94. The first kappa shape index (κ1) is 20.5. The highest BCUT2D eigenvalue weighted by atomic mass is 127. The van der Waals surface area contributed by atoms with Gasteiger partial charge in [-0.05, 0) is 51.3 Å². The number of nitrogens with one attached hydrogen (secondary N) is 2. The van der Waals surface area contributed by atoms with Crippen molar-refractivity contribution in [2.24, 2.45) is 10.9 Å². The molecule has 2 N–H and O–H groups in total. The van der Waals surface area contributed by atoms with Crippen LogP contribution in [0.15, 0.2) is 35.3 Å². The molecule has 3 rings (SSSR count). The van der Waals surface area contributed by atoms with Crippen LogP contribution in [0.5, 0.6) is 0 Å². The summed E-state index contributed by atoms with van der Waals surface area (Å²) in [6, 6.07) is 10.9. The standard InChI is InChI=1S/C20H32N4.HI/c1-3-21-19(22-14-17-10-13-24(2)15-17)23-16-20(11-7-12-20)18-8-5-4-6-9-18;/h4-6,8-9,17H,3,7,10-16H2,1-2H3,(H2,21,22,23);1H. The highest BCUT2D eigenvalue weighted by Crippen LogP contribution is 2.43. The van der Waals surface area contributed by atoms with Crippen LogP contribution < -0.4 is 10.6 Å². The smallest absolute Gasteiger partial charge is 0.191 e. The molecule has 2 aliphatic rings. The number of nitrogens with zero attached hydrogens (tertiary/aromatic N) is 2. The Labute approximate surface area is 169 Å². The molecule has 5 heteroatoms. The first-order chi connectivity index (χ1) is 11.7. The largest absolute Gasteiger partial charge is 0.357 e. The van der Waals surface area contributed by atoms with E-state index in [9.17, 15) is 0 Å². The molecule has 25 heavy (non-hydrogen) atoms. The van der Waals surface area contributed by atoms with Crippen LogP contribution in [0.25, 0.3) is 0 Å². The topological polar surface area (TPSA) is 39.7 Å². The van der Waals surface area contributed by atoms with E-state index in [1.165, 1.54) is 44.3 Å². The molecule has 1 saturated carbocycles. The molecule has 1 aliphatic carbocycles. The maximum Gasteiger partial charge on any atom is 0.191 e. The number of benzene rings is 1. The van der Waals surface area contributed by atoms with Crippen LogP contribution in [0.1, 0.15) is 38.2 Å². The summed E-state index contributed by atoms with van der Waals surface area (Å²) in [5.41, 5.74) is 1.71. The lowest BCUT2D eigenvalue weighted by molar-refractivity contribution is 0.253. The van der Waals surface area contributed by atoms with Gasteiger partial charge in [-0.25, -0.2) is 0 Å². The third kappa shape index (κ3) is 5.33. The third-order valence-corrected chi connectivity index (χ3v) is 5.63. The van der Waals surface area contributed by atoms with Gasteiger partial charge in [0.15, 0.2) is 5.96 Å². The second kappa shape index (κ2) is 9.76. The predicted molar refractivity (Wildman–Crippen MR) is 117 cm³/mol. The number of likely N-dealkylation sites (tertiary alicyclic amines) is 1. The van der Waals surface area contributed by atoms with E-state index in [1.54, 1.807) is 0 Å². The van der Waals surface area contributed by atoms with Crippen molar-refractivity contribution in [2.45, 2.75) is 38.0 Å². The number of rotatable bonds is 6. The minimum Gasteiger partial charge on any atom is -0.357 e. The van der Waals surface area contributed by atoms with Crippen molar-refractivity contribution < 1.29 is 0 Å². The molecular formula is C20H33IN4. The molecule has 0 bridgehead atoms. The van der Waals surface area contributed by atoms with Crippen LogP contribution >= 0.6 is 24.0 Å². The van der Waals surface area contributed by atoms with E-state index in [0.29, 0.717) is 0 Å². The van der Waals surface area contributed by atoms with E-state index in [0.717, 1.165) is 31.5 Å². The molecule has 4 nitrogen and oxygen atoms in total. The summed E-state index contributed by atoms with van der Waals surface area (Å²) >= 11 is 0. The monoisotopic (exact) mass is 456 g/mol. The zero-order valence-electron chi connectivity index (χ0n) is 15.6. The first-order valence-electron chi connectivity index (χ1n) is 9.48. The van der Waals surface area contributed by atoms with Crippen molar-refractivity contribution in [3.63, 3.8) is 0 Å². The van der Waals surface area contributed by atoms with Gasteiger partial charge in [0, 0.05) is 25.0 Å². The van der Waals surface area contributed by atoms with Gasteiger partial charge in [0.1, 0.15) is 0 Å². The Morgan fingerprint density at radius 2 is 2.00 bits per heavy atom. The quantitative estimate of drug-likeness (QED) is 0.392. The van der Waals surface area contributed by atoms with Gasteiger partial charge >= 0.3 is 0 Å². The number of guanidine groups is 1. The van der Waals surface area contributed by atoms with E-state index in [-0.39, 0.29) is 29.4 Å². The minimum atomic E-state index is 0. The second-order valence-corrected chi connectivity index (χ2v) is 7.49. The molecule has 0 amide bonds. The normalized spacial score (nSPS) is 22.8. The lowest BCUT2D eigenvalue weighted by Gasteiger charge is -2.41. The van der Waals surface area contributed by atoms with Crippen molar-refractivity contribution in [2.75, 3.05) is 39.8 Å². The fourth-order valence-electron chi connectivity index (χ4n) is 3.94. The van der Waals surface area contributed by atoms with Gasteiger partial charge in [-0.1, -0.05) is 36.8 Å². The van der Waals surface area contributed by atoms with E-state index in [4.69, 9.17) is 4.99 Å². The van der Waals surface area contributed by atoms with E-state index in [1.807, 2.05) is 0 Å². The predicted octanol–water partition coefficient (Wildman–Crippen LogP) is 3.23. The SMILES string of the molecule is CCNC(=NCC1(c2ccccc2)CCC1)NCC1CCN(C)C1.I. The summed E-state index contributed by atoms with van der Waals surface area (Å²) < 4.78 is 0. The molecule has 140 valence electrons. The lowest BCUT2D eigenvalue weighted by Crippen LogP contribution is -2.43. The van der Waals surface area contributed by atoms with Crippen molar-refractivity contribution in [1.29, 1.82) is 0 Å². The second-order valence-electron chi connectivity index (χ2n) is 7.49. The van der Waals surface area contributed by atoms with Gasteiger partial charge in [-0.15, -0.1) is 24.0 Å². The molecule has 1 unspecified atom stereocenters. The summed E-state index contributed by atoms with van der Waals surface area (Å²) in [5, 5.41) is 6.98. The van der Waals surface area contributed by atoms with Gasteiger partial charge in [0.2, 0.25) is 0 Å². The molecule has 1 aromatic carbocycles. The molecule has 2 fully saturated rings. The fraction of sp³-hybridized carbons (Fsp3) is 0.650. The maximum atomic E-state index is 4.94. The summed E-state index contributed by atoms with van der Waals surface area (Å²) in [4.78, 5) is 7.36. The van der Waals surface area contributed by atoms with Crippen LogP contribution in [0, 0.1) is 5.92 Å². The van der Waals surface area contributed by atoms with Crippen LogP contribution in [0.4, 0.5) is 0 Å². The van der Waals surface area contributed by atoms with Gasteiger partial charge < -0.3 is 15.5 Å².